The van der Waals surface area contributed by atoms with Crippen LogP contribution in [0.1, 0.15) is 12.5 Å². The Balaban J connectivity index is 1.26. The summed E-state index contributed by atoms with van der Waals surface area (Å²) in [4.78, 5) is 9.09. The maximum Gasteiger partial charge on any atom is 0.0708 e. The van der Waals surface area contributed by atoms with Gasteiger partial charge >= 0.3 is 0 Å². The van der Waals surface area contributed by atoms with Crippen molar-refractivity contribution in [1.82, 2.24) is 9.97 Å². The molecule has 9 aromatic rings. The molecule has 2 heterocycles. The zero-order valence-corrected chi connectivity index (χ0v) is 26.7. The first-order valence-corrected chi connectivity index (χ1v) is 16.6. The number of aromatic nitrogens is 2. The molecule has 0 unspecified atom stereocenters. The lowest BCUT2D eigenvalue weighted by molar-refractivity contribution is 1.15. The summed E-state index contributed by atoms with van der Waals surface area (Å²) in [5.74, 6) is 0. The number of pyridine rings is 2. The molecule has 2 nitrogen and oxygen atoms in total. The average Bonchev–Trinajstić information content (AvgIpc) is 3.16. The fourth-order valence-electron chi connectivity index (χ4n) is 7.41. The normalized spacial score (nSPS) is 11.5. The van der Waals surface area contributed by atoms with Gasteiger partial charge in [0.25, 0.3) is 0 Å². The smallest absolute Gasteiger partial charge is 0.0708 e. The first-order chi connectivity index (χ1) is 23.8. The molecule has 0 saturated heterocycles. The molecule has 0 atom stereocenters. The predicted molar refractivity (Wildman–Crippen MR) is 203 cm³/mol. The number of hydrogen-bond acceptors (Lipinski definition) is 2. The van der Waals surface area contributed by atoms with E-state index in [9.17, 15) is 0 Å². The van der Waals surface area contributed by atoms with Crippen LogP contribution >= 0.6 is 0 Å². The predicted octanol–water partition coefficient (Wildman–Crippen LogP) is 12.3. The lowest BCUT2D eigenvalue weighted by Gasteiger charge is -2.20. The van der Waals surface area contributed by atoms with Crippen molar-refractivity contribution in [2.75, 3.05) is 0 Å². The second-order valence-electron chi connectivity index (χ2n) is 12.5. The Hall–Kier alpha value is -6.12. The number of hydrogen-bond donors (Lipinski definition) is 0. The summed E-state index contributed by atoms with van der Waals surface area (Å²) < 4.78 is 0. The molecule has 7 aromatic carbocycles. The molecule has 0 aliphatic rings. The minimum Gasteiger partial charge on any atom is -0.265 e. The third-order valence-electron chi connectivity index (χ3n) is 9.78. The number of nitrogens with zero attached hydrogens (tertiary/aromatic N) is 2. The van der Waals surface area contributed by atoms with Crippen LogP contribution in [0.15, 0.2) is 164 Å². The Morgan fingerprint density at radius 2 is 1.00 bits per heavy atom. The molecule has 9 rings (SSSR count). The standard InChI is InChI=1S/C46H32N2/c1-2-30-15-16-33-28-34(18-17-32(33)27-30)45-39-11-5-7-13-41(39)46(42-14-8-6-12-40(42)45)43-21-20-38(36-9-3-4-10-37(36)43)44-22-19-35(29-48-44)31-23-25-47-26-24-31/h3-29H,2H2,1H3. The third kappa shape index (κ3) is 4.65. The molecule has 48 heavy (non-hydrogen) atoms. The fraction of sp³-hybridized carbons (Fsp3) is 0.0435. The second-order valence-corrected chi connectivity index (χ2v) is 12.5. The molecule has 2 aromatic heterocycles. The van der Waals surface area contributed by atoms with Gasteiger partial charge in [0.15, 0.2) is 0 Å². The molecular weight excluding hydrogens is 581 g/mol. The molecule has 0 radical (unpaired) electrons. The molecule has 0 saturated carbocycles. The van der Waals surface area contributed by atoms with Gasteiger partial charge in [-0.2, -0.15) is 0 Å². The lowest BCUT2D eigenvalue weighted by Crippen LogP contribution is -1.93. The van der Waals surface area contributed by atoms with E-state index >= 15 is 0 Å². The molecule has 226 valence electrons. The highest BCUT2D eigenvalue weighted by Gasteiger charge is 2.19. The molecule has 0 N–H and O–H groups in total. The maximum atomic E-state index is 4.93. The van der Waals surface area contributed by atoms with Crippen molar-refractivity contribution in [3.63, 3.8) is 0 Å². The van der Waals surface area contributed by atoms with Crippen molar-refractivity contribution in [3.8, 4) is 44.6 Å². The summed E-state index contributed by atoms with van der Waals surface area (Å²) in [5.41, 5.74) is 10.7. The monoisotopic (exact) mass is 612 g/mol. The van der Waals surface area contributed by atoms with Crippen LogP contribution in [-0.4, -0.2) is 9.97 Å². The molecule has 0 fully saturated rings. The third-order valence-corrected chi connectivity index (χ3v) is 9.78. The van der Waals surface area contributed by atoms with E-state index in [1.807, 2.05) is 30.7 Å². The van der Waals surface area contributed by atoms with Gasteiger partial charge in [-0.05, 0) is 107 Å². The van der Waals surface area contributed by atoms with Crippen molar-refractivity contribution in [1.29, 1.82) is 0 Å². The average molecular weight is 613 g/mol. The van der Waals surface area contributed by atoms with Crippen molar-refractivity contribution >= 4 is 43.1 Å². The summed E-state index contributed by atoms with van der Waals surface area (Å²) in [6.45, 7) is 2.21. The van der Waals surface area contributed by atoms with Crippen LogP contribution in [0.3, 0.4) is 0 Å². The Morgan fingerprint density at radius 3 is 1.65 bits per heavy atom. The van der Waals surface area contributed by atoms with Gasteiger partial charge in [0.05, 0.1) is 5.69 Å². The van der Waals surface area contributed by atoms with Crippen LogP contribution < -0.4 is 0 Å². The van der Waals surface area contributed by atoms with Gasteiger partial charge in [-0.3, -0.25) is 9.97 Å². The van der Waals surface area contributed by atoms with Gasteiger partial charge in [0.2, 0.25) is 0 Å². The number of benzene rings is 7. The van der Waals surface area contributed by atoms with E-state index in [1.54, 1.807) is 0 Å². The zero-order valence-electron chi connectivity index (χ0n) is 26.7. The van der Waals surface area contributed by atoms with Crippen molar-refractivity contribution in [2.24, 2.45) is 0 Å². The van der Waals surface area contributed by atoms with Gasteiger partial charge in [0, 0.05) is 29.7 Å². The Bertz CT molecular complexity index is 2580. The highest BCUT2D eigenvalue weighted by Crippen LogP contribution is 2.46. The summed E-state index contributed by atoms with van der Waals surface area (Å²) in [6.07, 6.45) is 6.64. The van der Waals surface area contributed by atoms with Crippen LogP contribution in [0.2, 0.25) is 0 Å². The largest absolute Gasteiger partial charge is 0.265 e. The minimum absolute atomic E-state index is 0.961. The topological polar surface area (TPSA) is 25.8 Å². The molecular formula is C46H32N2. The Morgan fingerprint density at radius 1 is 0.438 bits per heavy atom. The van der Waals surface area contributed by atoms with E-state index in [0.717, 1.165) is 28.8 Å². The van der Waals surface area contributed by atoms with E-state index in [1.165, 1.54) is 70.9 Å². The second kappa shape index (κ2) is 11.6. The molecule has 2 heteroatoms. The summed E-state index contributed by atoms with van der Waals surface area (Å²) >= 11 is 0. The number of fused-ring (bicyclic) bond motifs is 4. The van der Waals surface area contributed by atoms with Crippen LogP contribution in [0, 0.1) is 0 Å². The van der Waals surface area contributed by atoms with Gasteiger partial charge in [-0.1, -0.05) is 128 Å². The fourth-order valence-corrected chi connectivity index (χ4v) is 7.41. The zero-order chi connectivity index (χ0) is 32.0. The summed E-state index contributed by atoms with van der Waals surface area (Å²) in [5, 5.41) is 10.0. The Kier molecular flexibility index (Phi) is 6.80. The number of rotatable bonds is 5. The van der Waals surface area contributed by atoms with Crippen molar-refractivity contribution in [2.45, 2.75) is 13.3 Å². The summed E-state index contributed by atoms with van der Waals surface area (Å²) in [7, 11) is 0. The highest BCUT2D eigenvalue weighted by atomic mass is 14.7. The van der Waals surface area contributed by atoms with Crippen LogP contribution in [0.25, 0.3) is 87.7 Å². The van der Waals surface area contributed by atoms with Crippen LogP contribution in [-0.2, 0) is 6.42 Å². The molecule has 0 amide bonds. The van der Waals surface area contributed by atoms with Crippen molar-refractivity contribution in [3.05, 3.63) is 170 Å². The van der Waals surface area contributed by atoms with E-state index in [2.05, 4.69) is 145 Å². The molecule has 0 bridgehead atoms. The van der Waals surface area contributed by atoms with Gasteiger partial charge in [0.1, 0.15) is 0 Å². The van der Waals surface area contributed by atoms with Gasteiger partial charge < -0.3 is 0 Å². The number of aryl methyl sites for hydroxylation is 1. The van der Waals surface area contributed by atoms with E-state index in [4.69, 9.17) is 4.98 Å². The lowest BCUT2D eigenvalue weighted by atomic mass is 9.83. The SMILES string of the molecule is CCc1ccc2cc(-c3c4ccccc4c(-c4ccc(-c5ccc(-c6ccncc6)cn5)c5ccccc45)c4ccccc34)ccc2c1. The quantitative estimate of drug-likeness (QED) is 0.181. The highest BCUT2D eigenvalue weighted by molar-refractivity contribution is 6.24. The van der Waals surface area contributed by atoms with Crippen LogP contribution in [0.5, 0.6) is 0 Å². The van der Waals surface area contributed by atoms with Crippen LogP contribution in [0.4, 0.5) is 0 Å². The first-order valence-electron chi connectivity index (χ1n) is 16.6. The van der Waals surface area contributed by atoms with Gasteiger partial charge in [-0.25, -0.2) is 0 Å². The summed E-state index contributed by atoms with van der Waals surface area (Å²) in [6, 6.07) is 53.2. The minimum atomic E-state index is 0.961. The Labute approximate surface area is 280 Å². The molecule has 0 spiro atoms. The van der Waals surface area contributed by atoms with Crippen molar-refractivity contribution < 1.29 is 0 Å². The van der Waals surface area contributed by atoms with E-state index in [-0.39, 0.29) is 0 Å². The van der Waals surface area contributed by atoms with Gasteiger partial charge in [-0.15, -0.1) is 0 Å². The van der Waals surface area contributed by atoms with E-state index < -0.39 is 0 Å². The maximum absolute atomic E-state index is 4.93. The molecule has 0 aliphatic carbocycles. The molecule has 0 aliphatic heterocycles. The van der Waals surface area contributed by atoms with E-state index in [0.29, 0.717) is 0 Å². The first kappa shape index (κ1) is 28.1.